The molecular formula is C39H58ClN3O4. The molecule has 0 aromatic heterocycles. The van der Waals surface area contributed by atoms with Crippen LogP contribution in [-0.2, 0) is 14.3 Å². The van der Waals surface area contributed by atoms with Gasteiger partial charge < -0.3 is 15.0 Å². The van der Waals surface area contributed by atoms with Crippen molar-refractivity contribution < 1.29 is 19.1 Å². The number of esters is 1. The Labute approximate surface area is 289 Å². The van der Waals surface area contributed by atoms with E-state index in [0.29, 0.717) is 40.8 Å². The fourth-order valence-electron chi connectivity index (χ4n) is 4.78. The number of allylic oxidation sites excluding steroid dienone is 1. The summed E-state index contributed by atoms with van der Waals surface area (Å²) in [6.07, 6.45) is 13.1. The van der Waals surface area contributed by atoms with Crippen LogP contribution in [0.15, 0.2) is 53.2 Å². The molecule has 0 unspecified atom stereocenters. The van der Waals surface area contributed by atoms with Crippen molar-refractivity contribution in [3.05, 3.63) is 69.9 Å². The largest absolute Gasteiger partial charge is 0.466 e. The number of unbranched alkanes of at least 4 members (excludes halogenated alkanes) is 2. The predicted octanol–water partition coefficient (Wildman–Crippen LogP) is 10.3. The number of hydrogen-bond donors (Lipinski definition) is 1. The molecule has 0 spiro atoms. The second kappa shape index (κ2) is 23.8. The number of nitrogens with zero attached hydrogens (tertiary/aromatic N) is 2. The maximum atomic E-state index is 12.2. The van der Waals surface area contributed by atoms with E-state index in [4.69, 9.17) is 11.6 Å². The lowest BCUT2D eigenvalue weighted by Gasteiger charge is -2.25. The smallest absolute Gasteiger partial charge is 0.302 e. The number of carbonyl (C=O) groups excluding carboxylic acids is 3. The zero-order chi connectivity index (χ0) is 35.2. The lowest BCUT2D eigenvalue weighted by Crippen LogP contribution is -2.25. The van der Waals surface area contributed by atoms with Crippen molar-refractivity contribution in [3.8, 4) is 0 Å². The molecule has 0 atom stereocenters. The number of benzene rings is 2. The fourth-order valence-corrected chi connectivity index (χ4v) is 5.04. The third-order valence-electron chi connectivity index (χ3n) is 7.43. The van der Waals surface area contributed by atoms with Gasteiger partial charge in [-0.1, -0.05) is 83.7 Å². The number of para-hydroxylation sites is 1. The van der Waals surface area contributed by atoms with Crippen LogP contribution in [0.2, 0.25) is 5.02 Å². The highest BCUT2D eigenvalue weighted by Crippen LogP contribution is 2.35. The number of aldehydes is 1. The van der Waals surface area contributed by atoms with Gasteiger partial charge >= 0.3 is 5.97 Å². The number of nitrogens with one attached hydrogen (secondary N) is 1. The molecule has 47 heavy (non-hydrogen) atoms. The number of ether oxygens (including phenoxy) is 1. The Morgan fingerprint density at radius 1 is 0.957 bits per heavy atom. The van der Waals surface area contributed by atoms with Gasteiger partial charge in [0.15, 0.2) is 6.29 Å². The highest BCUT2D eigenvalue weighted by Gasteiger charge is 2.30. The molecule has 1 saturated carbocycles. The third kappa shape index (κ3) is 16.3. The summed E-state index contributed by atoms with van der Waals surface area (Å²) in [5, 5.41) is 3.19. The van der Waals surface area contributed by atoms with Crippen molar-refractivity contribution in [3.63, 3.8) is 0 Å². The maximum Gasteiger partial charge on any atom is 0.302 e. The number of hydrogen-bond acceptors (Lipinski definition) is 6. The second-order valence-corrected chi connectivity index (χ2v) is 12.3. The van der Waals surface area contributed by atoms with Crippen LogP contribution < -0.4 is 10.2 Å². The Kier molecular flexibility index (Phi) is 21.1. The molecule has 0 saturated heterocycles. The quantitative estimate of drug-likeness (QED) is 0.170. The first-order chi connectivity index (χ1) is 22.6. The van der Waals surface area contributed by atoms with Crippen molar-refractivity contribution >= 4 is 46.9 Å². The van der Waals surface area contributed by atoms with Gasteiger partial charge in [0.2, 0.25) is 0 Å². The van der Waals surface area contributed by atoms with Crippen molar-refractivity contribution in [2.75, 3.05) is 29.9 Å². The highest BCUT2D eigenvalue weighted by atomic mass is 35.5. The van der Waals surface area contributed by atoms with Gasteiger partial charge in [0.05, 0.1) is 11.6 Å². The van der Waals surface area contributed by atoms with E-state index in [1.54, 1.807) is 12.1 Å². The molecule has 2 aromatic carbocycles. The minimum atomic E-state index is -0.243. The summed E-state index contributed by atoms with van der Waals surface area (Å²) in [5.41, 5.74) is 6.11. The number of amides is 1. The molecule has 1 heterocycles. The molecule has 0 radical (unpaired) electrons. The number of aliphatic imine (C=N–C) groups is 1. The lowest BCUT2D eigenvalue weighted by molar-refractivity contribution is -0.140. The minimum Gasteiger partial charge on any atom is -0.466 e. The van der Waals surface area contributed by atoms with Crippen LogP contribution in [0.25, 0.3) is 0 Å². The van der Waals surface area contributed by atoms with E-state index in [1.165, 1.54) is 76.2 Å². The van der Waals surface area contributed by atoms with Gasteiger partial charge in [-0.25, -0.2) is 0 Å². The molecule has 4 rings (SSSR count). The number of carbonyl (C=O) groups is 3. The predicted molar refractivity (Wildman–Crippen MR) is 199 cm³/mol. The van der Waals surface area contributed by atoms with Crippen LogP contribution in [0.4, 0.5) is 11.4 Å². The van der Waals surface area contributed by atoms with Gasteiger partial charge in [-0.15, -0.1) is 0 Å². The summed E-state index contributed by atoms with van der Waals surface area (Å²) >= 11 is 5.95. The van der Waals surface area contributed by atoms with E-state index in [0.717, 1.165) is 24.1 Å². The summed E-state index contributed by atoms with van der Waals surface area (Å²) < 4.78 is 4.55. The molecule has 1 fully saturated rings. The molecule has 2 aliphatic rings. The van der Waals surface area contributed by atoms with Crippen LogP contribution in [0.1, 0.15) is 121 Å². The monoisotopic (exact) mass is 667 g/mol. The van der Waals surface area contributed by atoms with E-state index >= 15 is 0 Å². The van der Waals surface area contributed by atoms with Gasteiger partial charge in [0.1, 0.15) is 5.70 Å². The standard InChI is InChI=1S/C16H15ClN2O2.C13H21N.C5H10O2.C5H12/c1-9-6-12(17)11(8-20)7-15(9)19-16(21)14-5-4-13(18-14)10-2-3-10;1-4-10-14(11-5-2)13-9-7-6-8-12(13)3;1-3-4-7-5(2)6;1-3-5-4-2/h5-8,10H,2-4H2,1H3,(H,19,21);6-9H,4-5,10-11H2,1-3H3;3-4H2,1-2H3;3-5H2,1-2H3. The van der Waals surface area contributed by atoms with Crippen LogP contribution in [0, 0.1) is 19.8 Å². The summed E-state index contributed by atoms with van der Waals surface area (Å²) in [5.74, 6) is 0.139. The number of rotatable bonds is 13. The summed E-state index contributed by atoms with van der Waals surface area (Å²) in [4.78, 5) is 40.0. The third-order valence-corrected chi connectivity index (χ3v) is 7.76. The van der Waals surface area contributed by atoms with Gasteiger partial charge in [-0.2, -0.15) is 0 Å². The lowest BCUT2D eigenvalue weighted by atomic mass is 10.1. The SMILES string of the molecule is CCCCC.CCCN(CCC)c1ccccc1C.CCCOC(C)=O.Cc1cc(Cl)c(C=O)cc1NC(=O)C1=CCC(C2CC2)=N1. The minimum absolute atomic E-state index is 0.193. The molecule has 1 aliphatic heterocycles. The summed E-state index contributed by atoms with van der Waals surface area (Å²) in [6.45, 7) is 19.2. The summed E-state index contributed by atoms with van der Waals surface area (Å²) in [6, 6.07) is 11.9. The first-order valence-electron chi connectivity index (χ1n) is 17.3. The summed E-state index contributed by atoms with van der Waals surface area (Å²) in [7, 11) is 0. The van der Waals surface area contributed by atoms with Crippen molar-refractivity contribution in [2.24, 2.45) is 10.9 Å². The van der Waals surface area contributed by atoms with Gasteiger partial charge in [-0.3, -0.25) is 19.4 Å². The molecule has 1 amide bonds. The number of aryl methyl sites for hydroxylation is 2. The molecule has 2 aromatic rings. The van der Waals surface area contributed by atoms with E-state index < -0.39 is 0 Å². The molecular weight excluding hydrogens is 610 g/mol. The number of anilines is 2. The van der Waals surface area contributed by atoms with Gasteiger partial charge in [0.25, 0.3) is 5.91 Å². The Hall–Kier alpha value is -3.45. The van der Waals surface area contributed by atoms with Crippen molar-refractivity contribution in [2.45, 2.75) is 113 Å². The van der Waals surface area contributed by atoms with E-state index in [9.17, 15) is 14.4 Å². The van der Waals surface area contributed by atoms with E-state index in [-0.39, 0.29) is 11.9 Å². The molecule has 7 nitrogen and oxygen atoms in total. The van der Waals surface area contributed by atoms with Gasteiger partial charge in [0, 0.05) is 49.1 Å². The Morgan fingerprint density at radius 3 is 2.06 bits per heavy atom. The second-order valence-electron chi connectivity index (χ2n) is 11.9. The molecule has 1 N–H and O–H groups in total. The van der Waals surface area contributed by atoms with Crippen LogP contribution >= 0.6 is 11.6 Å². The first kappa shape index (κ1) is 41.6. The Bertz CT molecular complexity index is 1310. The fraction of sp³-hybridized carbons (Fsp3) is 0.538. The topological polar surface area (TPSA) is 88.1 Å². The van der Waals surface area contributed by atoms with Crippen LogP contribution in [-0.4, -0.2) is 43.6 Å². The Balaban J connectivity index is 0.000000365. The van der Waals surface area contributed by atoms with Crippen molar-refractivity contribution in [1.82, 2.24) is 0 Å². The average Bonchev–Trinajstić information content (AvgIpc) is 3.78. The molecule has 8 heteroatoms. The highest BCUT2D eigenvalue weighted by molar-refractivity contribution is 6.33. The molecule has 0 bridgehead atoms. The van der Waals surface area contributed by atoms with Crippen LogP contribution in [0.5, 0.6) is 0 Å². The zero-order valence-corrected chi connectivity index (χ0v) is 30.8. The Morgan fingerprint density at radius 2 is 1.60 bits per heavy atom. The zero-order valence-electron chi connectivity index (χ0n) is 30.1. The van der Waals surface area contributed by atoms with Crippen LogP contribution in [0.3, 0.4) is 0 Å². The molecule has 1 aliphatic carbocycles. The van der Waals surface area contributed by atoms with E-state index in [2.05, 4.69) is 78.8 Å². The maximum absolute atomic E-state index is 12.2. The average molecular weight is 668 g/mol. The van der Waals surface area contributed by atoms with Gasteiger partial charge in [-0.05, 0) is 87.3 Å². The first-order valence-corrected chi connectivity index (χ1v) is 17.7. The normalized spacial score (nSPS) is 12.9. The molecule has 260 valence electrons. The van der Waals surface area contributed by atoms with Crippen molar-refractivity contribution in [1.29, 1.82) is 0 Å². The number of halogens is 1. The van der Waals surface area contributed by atoms with E-state index in [1.807, 2.05) is 19.9 Å².